The fourth-order valence-corrected chi connectivity index (χ4v) is 7.09. The molecule has 1 atom stereocenters. The number of hydrogen-bond donors (Lipinski definition) is 0. The normalized spacial score (nSPS) is 14.8. The Hall–Kier alpha value is -3.48. The van der Waals surface area contributed by atoms with Gasteiger partial charge in [-0.3, -0.25) is 4.79 Å². The second-order valence-electron chi connectivity index (χ2n) is 10.3. The molecule has 2 nitrogen and oxygen atoms in total. The average Bonchev–Trinajstić information content (AvgIpc) is 3.42. The molecular weight excluding hydrogens is 483 g/mol. The number of hydrogen-bond acceptors (Lipinski definition) is 2. The lowest BCUT2D eigenvalue weighted by atomic mass is 9.89. The van der Waals surface area contributed by atoms with Crippen LogP contribution in [0.1, 0.15) is 33.3 Å². The van der Waals surface area contributed by atoms with E-state index in [9.17, 15) is 4.79 Å². The Labute approximate surface area is 229 Å². The van der Waals surface area contributed by atoms with Crippen molar-refractivity contribution in [2.24, 2.45) is 17.8 Å². The summed E-state index contributed by atoms with van der Waals surface area (Å²) in [6.45, 7) is 16.8. The fraction of sp³-hybridized carbons (Fsp3) is 0.229. The van der Waals surface area contributed by atoms with Gasteiger partial charge in [0.2, 0.25) is 0 Å². The Balaban J connectivity index is 1.72. The van der Waals surface area contributed by atoms with E-state index >= 15 is 0 Å². The van der Waals surface area contributed by atoms with Crippen LogP contribution in [-0.4, -0.2) is 12.1 Å². The van der Waals surface area contributed by atoms with Crippen molar-refractivity contribution in [3.63, 3.8) is 0 Å². The van der Waals surface area contributed by atoms with Gasteiger partial charge >= 0.3 is 5.97 Å². The van der Waals surface area contributed by atoms with E-state index < -0.39 is 19.9 Å². The third-order valence-electron chi connectivity index (χ3n) is 7.04. The monoisotopic (exact) mass is 520 g/mol. The van der Waals surface area contributed by atoms with Crippen molar-refractivity contribution in [2.45, 2.75) is 33.8 Å². The summed E-state index contributed by atoms with van der Waals surface area (Å²) in [7, 11) is -0.825. The van der Waals surface area contributed by atoms with Crippen molar-refractivity contribution < 1.29 is 9.53 Å². The molecule has 4 rings (SSSR count). The Bertz CT molecular complexity index is 1290. The molecule has 0 N–H and O–H groups in total. The second-order valence-corrected chi connectivity index (χ2v) is 12.5. The van der Waals surface area contributed by atoms with E-state index in [-0.39, 0.29) is 17.8 Å². The zero-order valence-electron chi connectivity index (χ0n) is 22.8. The Morgan fingerprint density at radius 2 is 1.26 bits per heavy atom. The third kappa shape index (κ3) is 5.98. The van der Waals surface area contributed by atoms with E-state index in [0.29, 0.717) is 0 Å². The first-order chi connectivity index (χ1) is 18.3. The molecule has 38 heavy (non-hydrogen) atoms. The maximum absolute atomic E-state index is 13.7. The maximum Gasteiger partial charge on any atom is 0.318 e. The Morgan fingerprint density at radius 3 is 1.79 bits per heavy atom. The minimum atomic E-state index is -0.825. The molecule has 3 aromatic carbocycles. The quantitative estimate of drug-likeness (QED) is 0.159. The molecule has 0 aromatic heterocycles. The summed E-state index contributed by atoms with van der Waals surface area (Å²) in [4.78, 5) is 13.7. The largest absolute Gasteiger partial charge is 0.453 e. The number of ether oxygens (including phenoxy) is 1. The summed E-state index contributed by atoms with van der Waals surface area (Å²) in [5.41, 5.74) is 3.80. The SMILES string of the molecule is C=C(C(C)C)C(OC(=O)C1C=CC=C1c1ccccc1P(c1ccccc1)c1ccccc1)C(=C)C(C)C. The van der Waals surface area contributed by atoms with Gasteiger partial charge in [0, 0.05) is 0 Å². The highest BCUT2D eigenvalue weighted by Crippen LogP contribution is 2.39. The highest BCUT2D eigenvalue weighted by molar-refractivity contribution is 7.80. The smallest absolute Gasteiger partial charge is 0.318 e. The van der Waals surface area contributed by atoms with Gasteiger partial charge in [0.05, 0.1) is 0 Å². The molecule has 3 heteroatoms. The molecule has 194 valence electrons. The van der Waals surface area contributed by atoms with Crippen molar-refractivity contribution >= 4 is 35.4 Å². The standard InChI is InChI=1S/C35H37O2P/c1-24(2)26(5)34(27(6)25(3)4)37-35(36)32-22-15-21-30(32)31-20-13-14-23-33(31)38(28-16-9-7-10-17-28)29-18-11-8-12-19-29/h7-25,32,34H,5-6H2,1-4H3. The fourth-order valence-electron chi connectivity index (χ4n) is 4.62. The minimum absolute atomic E-state index is 0.179. The van der Waals surface area contributed by atoms with Gasteiger partial charge in [-0.05, 0) is 58.0 Å². The molecule has 0 radical (unpaired) electrons. The van der Waals surface area contributed by atoms with Gasteiger partial charge in [-0.2, -0.15) is 0 Å². The zero-order chi connectivity index (χ0) is 27.2. The molecule has 0 aliphatic heterocycles. The van der Waals surface area contributed by atoms with Crippen molar-refractivity contribution in [1.82, 2.24) is 0 Å². The lowest BCUT2D eigenvalue weighted by Gasteiger charge is -2.28. The van der Waals surface area contributed by atoms with Crippen molar-refractivity contribution in [3.8, 4) is 0 Å². The van der Waals surface area contributed by atoms with Crippen molar-refractivity contribution in [3.05, 3.63) is 133 Å². The number of carbonyl (C=O) groups is 1. The molecule has 0 saturated carbocycles. The summed E-state index contributed by atoms with van der Waals surface area (Å²) in [6.07, 6.45) is 5.46. The van der Waals surface area contributed by atoms with Gasteiger partial charge in [-0.15, -0.1) is 0 Å². The van der Waals surface area contributed by atoms with Gasteiger partial charge in [-0.1, -0.05) is 144 Å². The molecule has 0 saturated heterocycles. The van der Waals surface area contributed by atoms with Crippen LogP contribution in [0.2, 0.25) is 0 Å². The van der Waals surface area contributed by atoms with Gasteiger partial charge in [0.15, 0.2) is 0 Å². The lowest BCUT2D eigenvalue weighted by Crippen LogP contribution is -2.30. The Morgan fingerprint density at radius 1 is 0.763 bits per heavy atom. The lowest BCUT2D eigenvalue weighted by molar-refractivity contribution is -0.147. The summed E-state index contributed by atoms with van der Waals surface area (Å²) < 4.78 is 6.18. The van der Waals surface area contributed by atoms with Crippen LogP contribution < -0.4 is 15.9 Å². The summed E-state index contributed by atoms with van der Waals surface area (Å²) in [5, 5.41) is 3.77. The van der Waals surface area contributed by atoms with Gasteiger partial charge < -0.3 is 4.74 Å². The molecule has 0 bridgehead atoms. The van der Waals surface area contributed by atoms with Crippen molar-refractivity contribution in [1.29, 1.82) is 0 Å². The van der Waals surface area contributed by atoms with Crippen LogP contribution in [0, 0.1) is 17.8 Å². The topological polar surface area (TPSA) is 26.3 Å². The predicted octanol–water partition coefficient (Wildman–Crippen LogP) is 7.35. The average molecular weight is 521 g/mol. The minimum Gasteiger partial charge on any atom is -0.453 e. The number of esters is 1. The first-order valence-electron chi connectivity index (χ1n) is 13.3. The van der Waals surface area contributed by atoms with Crippen LogP contribution in [0.25, 0.3) is 5.57 Å². The third-order valence-corrected chi connectivity index (χ3v) is 9.54. The van der Waals surface area contributed by atoms with Crippen LogP contribution in [0.5, 0.6) is 0 Å². The first kappa shape index (κ1) is 27.6. The molecule has 0 fully saturated rings. The van der Waals surface area contributed by atoms with Crippen LogP contribution >= 0.6 is 7.92 Å². The molecule has 0 heterocycles. The summed E-state index contributed by atoms with van der Waals surface area (Å²) in [6, 6.07) is 29.7. The summed E-state index contributed by atoms with van der Waals surface area (Å²) >= 11 is 0. The number of carbonyl (C=O) groups excluding carboxylic acids is 1. The van der Waals surface area contributed by atoms with E-state index in [2.05, 4.69) is 126 Å². The van der Waals surface area contributed by atoms with Crippen LogP contribution in [0.4, 0.5) is 0 Å². The molecule has 3 aromatic rings. The molecule has 1 aliphatic rings. The van der Waals surface area contributed by atoms with E-state index in [1.165, 1.54) is 15.9 Å². The van der Waals surface area contributed by atoms with E-state index in [0.717, 1.165) is 22.3 Å². The second kappa shape index (κ2) is 12.4. The molecule has 0 amide bonds. The predicted molar refractivity (Wildman–Crippen MR) is 164 cm³/mol. The van der Waals surface area contributed by atoms with Gasteiger partial charge in [0.25, 0.3) is 0 Å². The highest BCUT2D eigenvalue weighted by Gasteiger charge is 2.32. The van der Waals surface area contributed by atoms with Crippen LogP contribution in [0.15, 0.2) is 127 Å². The first-order valence-corrected chi connectivity index (χ1v) is 14.6. The molecule has 1 unspecified atom stereocenters. The van der Waals surface area contributed by atoms with Gasteiger partial charge in [0.1, 0.15) is 12.0 Å². The van der Waals surface area contributed by atoms with Crippen LogP contribution in [-0.2, 0) is 9.53 Å². The highest BCUT2D eigenvalue weighted by atomic mass is 31.1. The zero-order valence-corrected chi connectivity index (χ0v) is 23.7. The summed E-state index contributed by atoms with van der Waals surface area (Å²) in [5.74, 6) is -0.393. The Kier molecular flexibility index (Phi) is 8.97. The molecule has 1 aliphatic carbocycles. The van der Waals surface area contributed by atoms with Gasteiger partial charge in [-0.25, -0.2) is 0 Å². The van der Waals surface area contributed by atoms with E-state index in [1.807, 2.05) is 18.2 Å². The number of rotatable bonds is 10. The van der Waals surface area contributed by atoms with E-state index in [4.69, 9.17) is 4.74 Å². The number of benzene rings is 3. The molecular formula is C35H37O2P. The maximum atomic E-state index is 13.7. The number of allylic oxidation sites excluding steroid dienone is 2. The van der Waals surface area contributed by atoms with Crippen molar-refractivity contribution in [2.75, 3.05) is 0 Å². The molecule has 0 spiro atoms. The van der Waals surface area contributed by atoms with Crippen LogP contribution in [0.3, 0.4) is 0 Å². The van der Waals surface area contributed by atoms with E-state index in [1.54, 1.807) is 0 Å².